The first-order valence-electron chi connectivity index (χ1n) is 5.21. The Balaban J connectivity index is 2.21. The molecule has 1 aromatic rings. The van der Waals surface area contributed by atoms with Crippen LogP contribution in [0.15, 0.2) is 24.3 Å². The van der Waals surface area contributed by atoms with Crippen LogP contribution in [0.5, 0.6) is 5.75 Å². The van der Waals surface area contributed by atoms with Crippen molar-refractivity contribution >= 4 is 17.5 Å². The van der Waals surface area contributed by atoms with Gasteiger partial charge in [0.2, 0.25) is 5.91 Å². The van der Waals surface area contributed by atoms with Crippen molar-refractivity contribution in [1.82, 2.24) is 5.32 Å². The van der Waals surface area contributed by atoms with E-state index in [1.807, 2.05) is 31.2 Å². The van der Waals surface area contributed by atoms with Gasteiger partial charge >= 0.3 is 0 Å². The third kappa shape index (κ3) is 4.53. The van der Waals surface area contributed by atoms with Crippen molar-refractivity contribution in [2.24, 2.45) is 0 Å². The summed E-state index contributed by atoms with van der Waals surface area (Å²) in [5.41, 5.74) is 1.19. The Bertz CT molecular complexity index is 335. The second-order valence-electron chi connectivity index (χ2n) is 3.57. The molecule has 1 atom stereocenters. The molecule has 0 aliphatic heterocycles. The van der Waals surface area contributed by atoms with Gasteiger partial charge < -0.3 is 10.1 Å². The molecule has 0 aliphatic carbocycles. The van der Waals surface area contributed by atoms with E-state index in [-0.39, 0.29) is 5.91 Å². The summed E-state index contributed by atoms with van der Waals surface area (Å²) in [6, 6.07) is 7.77. The molecule has 16 heavy (non-hydrogen) atoms. The molecule has 1 N–H and O–H groups in total. The lowest BCUT2D eigenvalue weighted by Gasteiger charge is -2.08. The molecule has 1 unspecified atom stereocenters. The van der Waals surface area contributed by atoms with Gasteiger partial charge in [-0.05, 0) is 26.0 Å². The highest BCUT2D eigenvalue weighted by Crippen LogP contribution is 2.10. The van der Waals surface area contributed by atoms with Crippen LogP contribution >= 0.6 is 11.6 Å². The number of alkyl halides is 1. The van der Waals surface area contributed by atoms with Gasteiger partial charge in [-0.3, -0.25) is 4.79 Å². The molecule has 4 heteroatoms. The van der Waals surface area contributed by atoms with Crippen molar-refractivity contribution in [1.29, 1.82) is 0 Å². The zero-order valence-corrected chi connectivity index (χ0v) is 10.3. The summed E-state index contributed by atoms with van der Waals surface area (Å²) < 4.78 is 5.43. The molecule has 0 fully saturated rings. The first-order chi connectivity index (χ1) is 7.59. The van der Waals surface area contributed by atoms with Crippen molar-refractivity contribution in [3.8, 4) is 5.75 Å². The number of rotatable bonds is 5. The molecule has 3 nitrogen and oxygen atoms in total. The third-order valence-electron chi connectivity index (χ3n) is 2.05. The van der Waals surface area contributed by atoms with E-state index in [2.05, 4.69) is 5.32 Å². The number of hydrogen-bond acceptors (Lipinski definition) is 2. The van der Waals surface area contributed by atoms with Gasteiger partial charge in [0.15, 0.2) is 0 Å². The van der Waals surface area contributed by atoms with Crippen LogP contribution < -0.4 is 10.1 Å². The molecule has 0 spiro atoms. The van der Waals surface area contributed by atoms with Crippen LogP contribution in [0, 0.1) is 6.92 Å². The molecular weight excluding hydrogens is 226 g/mol. The van der Waals surface area contributed by atoms with E-state index >= 15 is 0 Å². The molecule has 0 bridgehead atoms. The maximum atomic E-state index is 11.1. The lowest BCUT2D eigenvalue weighted by Crippen LogP contribution is -2.32. The van der Waals surface area contributed by atoms with E-state index < -0.39 is 5.38 Å². The maximum Gasteiger partial charge on any atom is 0.237 e. The van der Waals surface area contributed by atoms with E-state index in [4.69, 9.17) is 16.3 Å². The van der Waals surface area contributed by atoms with Gasteiger partial charge in [0.25, 0.3) is 0 Å². The van der Waals surface area contributed by atoms with Crippen LogP contribution in [-0.2, 0) is 4.79 Å². The fraction of sp³-hybridized carbons (Fsp3) is 0.417. The monoisotopic (exact) mass is 241 g/mol. The first kappa shape index (κ1) is 12.8. The average Bonchev–Trinajstić information content (AvgIpc) is 2.26. The third-order valence-corrected chi connectivity index (χ3v) is 2.25. The Morgan fingerprint density at radius 1 is 1.44 bits per heavy atom. The Morgan fingerprint density at radius 2 is 2.06 bits per heavy atom. The summed E-state index contributed by atoms with van der Waals surface area (Å²) in [6.45, 7) is 4.56. The molecule has 0 saturated heterocycles. The average molecular weight is 242 g/mol. The Labute approximate surface area is 101 Å². The normalized spacial score (nSPS) is 11.9. The molecule has 0 heterocycles. The highest BCUT2D eigenvalue weighted by atomic mass is 35.5. The minimum absolute atomic E-state index is 0.172. The van der Waals surface area contributed by atoms with Gasteiger partial charge in [-0.1, -0.05) is 17.7 Å². The van der Waals surface area contributed by atoms with Crippen LogP contribution in [0.25, 0.3) is 0 Å². The smallest absolute Gasteiger partial charge is 0.237 e. The minimum atomic E-state index is -0.501. The van der Waals surface area contributed by atoms with Crippen molar-refractivity contribution < 1.29 is 9.53 Å². The quantitative estimate of drug-likeness (QED) is 0.634. The molecule has 0 aliphatic rings. The van der Waals surface area contributed by atoms with Gasteiger partial charge in [0, 0.05) is 0 Å². The number of ether oxygens (including phenoxy) is 1. The van der Waals surface area contributed by atoms with Crippen molar-refractivity contribution in [3.63, 3.8) is 0 Å². The summed E-state index contributed by atoms with van der Waals surface area (Å²) in [6.07, 6.45) is 0. The van der Waals surface area contributed by atoms with Crippen molar-refractivity contribution in [3.05, 3.63) is 29.8 Å². The van der Waals surface area contributed by atoms with Crippen LogP contribution in [0.2, 0.25) is 0 Å². The standard InChI is InChI=1S/C12H16ClNO2/c1-9-3-5-11(6-4-9)16-8-7-14-12(15)10(2)13/h3-6,10H,7-8H2,1-2H3,(H,14,15). The highest BCUT2D eigenvalue weighted by molar-refractivity contribution is 6.30. The van der Waals surface area contributed by atoms with Gasteiger partial charge in [-0.2, -0.15) is 0 Å². The molecular formula is C12H16ClNO2. The predicted octanol–water partition coefficient (Wildman–Crippen LogP) is 2.12. The van der Waals surface area contributed by atoms with Gasteiger partial charge in [-0.25, -0.2) is 0 Å². The fourth-order valence-electron chi connectivity index (χ4n) is 1.12. The van der Waals surface area contributed by atoms with Crippen LogP contribution in [0.1, 0.15) is 12.5 Å². The van der Waals surface area contributed by atoms with E-state index in [1.165, 1.54) is 5.56 Å². The first-order valence-corrected chi connectivity index (χ1v) is 5.64. The molecule has 0 aromatic heterocycles. The minimum Gasteiger partial charge on any atom is -0.492 e. The molecule has 0 saturated carbocycles. The van der Waals surface area contributed by atoms with Gasteiger partial charge in [0.1, 0.15) is 17.7 Å². The van der Waals surface area contributed by atoms with E-state index in [9.17, 15) is 4.79 Å². The number of nitrogens with one attached hydrogen (secondary N) is 1. The highest BCUT2D eigenvalue weighted by Gasteiger charge is 2.06. The number of carbonyl (C=O) groups is 1. The Morgan fingerprint density at radius 3 is 2.62 bits per heavy atom. The van der Waals surface area contributed by atoms with Gasteiger partial charge in [-0.15, -0.1) is 11.6 Å². The lowest BCUT2D eigenvalue weighted by atomic mass is 10.2. The Hall–Kier alpha value is -1.22. The maximum absolute atomic E-state index is 11.1. The zero-order valence-electron chi connectivity index (χ0n) is 9.50. The predicted molar refractivity (Wildman–Crippen MR) is 65.0 cm³/mol. The van der Waals surface area contributed by atoms with Crippen molar-refractivity contribution in [2.75, 3.05) is 13.2 Å². The SMILES string of the molecule is Cc1ccc(OCCNC(=O)C(C)Cl)cc1. The lowest BCUT2D eigenvalue weighted by molar-refractivity contribution is -0.120. The number of hydrogen-bond donors (Lipinski definition) is 1. The topological polar surface area (TPSA) is 38.3 Å². The van der Waals surface area contributed by atoms with E-state index in [0.717, 1.165) is 5.75 Å². The summed E-state index contributed by atoms with van der Waals surface area (Å²) in [4.78, 5) is 11.1. The molecule has 0 radical (unpaired) electrons. The summed E-state index contributed by atoms with van der Waals surface area (Å²) >= 11 is 5.59. The summed E-state index contributed by atoms with van der Waals surface area (Å²) in [5, 5.41) is 2.17. The van der Waals surface area contributed by atoms with E-state index in [1.54, 1.807) is 6.92 Å². The second-order valence-corrected chi connectivity index (χ2v) is 4.22. The van der Waals surface area contributed by atoms with Crippen LogP contribution in [0.3, 0.4) is 0 Å². The van der Waals surface area contributed by atoms with Gasteiger partial charge in [0.05, 0.1) is 6.54 Å². The summed E-state index contributed by atoms with van der Waals surface area (Å²) in [7, 11) is 0. The number of benzene rings is 1. The molecule has 1 aromatic carbocycles. The summed E-state index contributed by atoms with van der Waals surface area (Å²) in [5.74, 6) is 0.632. The number of amides is 1. The Kier molecular flexibility index (Phi) is 5.12. The van der Waals surface area contributed by atoms with E-state index in [0.29, 0.717) is 13.2 Å². The number of aryl methyl sites for hydroxylation is 1. The van der Waals surface area contributed by atoms with Crippen LogP contribution in [-0.4, -0.2) is 24.4 Å². The molecule has 88 valence electrons. The fourth-order valence-corrected chi connectivity index (χ4v) is 1.20. The second kappa shape index (κ2) is 6.38. The number of carbonyl (C=O) groups excluding carboxylic acids is 1. The van der Waals surface area contributed by atoms with Crippen molar-refractivity contribution in [2.45, 2.75) is 19.2 Å². The molecule has 1 amide bonds. The largest absolute Gasteiger partial charge is 0.492 e. The zero-order chi connectivity index (χ0) is 12.0. The van der Waals surface area contributed by atoms with Crippen LogP contribution in [0.4, 0.5) is 0 Å². The number of halogens is 1. The molecule has 1 rings (SSSR count).